The Morgan fingerprint density at radius 1 is 1.05 bits per heavy atom. The van der Waals surface area contributed by atoms with Crippen LogP contribution in [0, 0.1) is 0 Å². The van der Waals surface area contributed by atoms with Crippen molar-refractivity contribution in [1.29, 1.82) is 0 Å². The molecule has 1 aliphatic rings. The van der Waals surface area contributed by atoms with E-state index < -0.39 is 17.0 Å². The molecule has 1 unspecified atom stereocenters. The number of amidine groups is 1. The molecule has 0 radical (unpaired) electrons. The lowest BCUT2D eigenvalue weighted by atomic mass is 10.1. The average molecular weight is 567 g/mol. The van der Waals surface area contributed by atoms with Gasteiger partial charge in [0.25, 0.3) is 0 Å². The average Bonchev–Trinajstić information content (AvgIpc) is 3.68. The number of para-hydroxylation sites is 1. The molecular weight excluding hydrogens is 545 g/mol. The number of carbonyl (C=O) groups is 2. The molecule has 2 amide bonds. The highest BCUT2D eigenvalue weighted by Gasteiger charge is 2.40. The van der Waals surface area contributed by atoms with Gasteiger partial charge in [-0.1, -0.05) is 42.1 Å². The number of anilines is 1. The van der Waals surface area contributed by atoms with Crippen molar-refractivity contribution in [3.05, 3.63) is 102 Å². The fraction of sp³-hybridized carbons (Fsp3) is 0.143. The highest BCUT2D eigenvalue weighted by atomic mass is 32.2. The smallest absolute Gasteiger partial charge is 0.416 e. The van der Waals surface area contributed by atoms with Gasteiger partial charge in [-0.15, -0.1) is 5.10 Å². The highest BCUT2D eigenvalue weighted by Crippen LogP contribution is 2.33. The fourth-order valence-corrected chi connectivity index (χ4v) is 4.98. The molecule has 12 heteroatoms. The monoisotopic (exact) mass is 566 g/mol. The van der Waals surface area contributed by atoms with Gasteiger partial charge in [0.2, 0.25) is 11.8 Å². The Hall–Kier alpha value is -4.58. The van der Waals surface area contributed by atoms with Crippen LogP contribution in [0.15, 0.2) is 104 Å². The first-order valence-electron chi connectivity index (χ1n) is 12.0. The number of alkyl halides is 3. The summed E-state index contributed by atoms with van der Waals surface area (Å²) < 4.78 is 50.2. The Balaban J connectivity index is 1.31. The molecule has 0 spiro atoms. The number of nitrogens with one attached hydrogen (secondary N) is 1. The molecule has 40 heavy (non-hydrogen) atoms. The number of benzene rings is 2. The van der Waals surface area contributed by atoms with Gasteiger partial charge in [-0.05, 0) is 48.5 Å². The summed E-state index contributed by atoms with van der Waals surface area (Å²) in [7, 11) is 0. The largest absolute Gasteiger partial charge is 0.467 e. The molecule has 204 valence electrons. The third-order valence-corrected chi connectivity index (χ3v) is 6.94. The maximum atomic E-state index is 13.2. The predicted octanol–water partition coefficient (Wildman–Crippen LogP) is 6.42. The molecule has 0 aliphatic carbocycles. The van der Waals surface area contributed by atoms with Crippen molar-refractivity contribution in [3.8, 4) is 11.3 Å². The maximum Gasteiger partial charge on any atom is 0.416 e. The molecule has 2 aromatic heterocycles. The summed E-state index contributed by atoms with van der Waals surface area (Å²) in [5, 5.41) is 10.5. The first-order valence-corrected chi connectivity index (χ1v) is 12.9. The summed E-state index contributed by atoms with van der Waals surface area (Å²) in [5.41, 5.74) is 0.102. The molecule has 1 N–H and O–H groups in total. The van der Waals surface area contributed by atoms with Crippen LogP contribution in [-0.4, -0.2) is 33.3 Å². The number of furan rings is 2. The quantitative estimate of drug-likeness (QED) is 0.196. The van der Waals surface area contributed by atoms with Crippen molar-refractivity contribution in [3.63, 3.8) is 0 Å². The lowest BCUT2D eigenvalue weighted by Crippen LogP contribution is -2.33. The summed E-state index contributed by atoms with van der Waals surface area (Å²) in [6, 6.07) is 20.2. The molecule has 3 heterocycles. The number of halogens is 3. The lowest BCUT2D eigenvalue weighted by Gasteiger charge is -2.14. The van der Waals surface area contributed by atoms with E-state index in [0.29, 0.717) is 11.4 Å². The van der Waals surface area contributed by atoms with Gasteiger partial charge in [0.05, 0.1) is 24.6 Å². The van der Waals surface area contributed by atoms with E-state index in [9.17, 15) is 22.8 Å². The maximum absolute atomic E-state index is 13.2. The highest BCUT2D eigenvalue weighted by molar-refractivity contribution is 8.15. The molecule has 8 nitrogen and oxygen atoms in total. The van der Waals surface area contributed by atoms with E-state index in [1.165, 1.54) is 35.6 Å². The fourth-order valence-electron chi connectivity index (χ4n) is 3.88. The molecule has 5 rings (SSSR count). The summed E-state index contributed by atoms with van der Waals surface area (Å²) in [6.45, 7) is 0.102. The number of hydrogen-bond donors (Lipinski definition) is 1. The molecule has 2 aromatic carbocycles. The van der Waals surface area contributed by atoms with Crippen LogP contribution in [0.2, 0.25) is 0 Å². The van der Waals surface area contributed by atoms with Crippen molar-refractivity contribution < 1.29 is 31.6 Å². The lowest BCUT2D eigenvalue weighted by molar-refractivity contribution is -0.137. The van der Waals surface area contributed by atoms with Gasteiger partial charge in [0, 0.05) is 17.7 Å². The number of carbonyl (C=O) groups excluding carboxylic acids is 2. The number of nitrogens with zero attached hydrogens (tertiary/aromatic N) is 3. The zero-order chi connectivity index (χ0) is 28.1. The van der Waals surface area contributed by atoms with Crippen molar-refractivity contribution >= 4 is 40.6 Å². The van der Waals surface area contributed by atoms with E-state index in [2.05, 4.69) is 15.5 Å². The molecule has 0 bridgehead atoms. The van der Waals surface area contributed by atoms with E-state index in [4.69, 9.17) is 8.83 Å². The molecule has 1 saturated heterocycles. The van der Waals surface area contributed by atoms with E-state index >= 15 is 0 Å². The minimum atomic E-state index is -4.47. The van der Waals surface area contributed by atoms with Crippen molar-refractivity contribution in [2.75, 3.05) is 5.32 Å². The normalized spacial score (nSPS) is 16.8. The van der Waals surface area contributed by atoms with Gasteiger partial charge >= 0.3 is 6.18 Å². The first-order chi connectivity index (χ1) is 19.3. The van der Waals surface area contributed by atoms with Crippen LogP contribution >= 0.6 is 11.8 Å². The van der Waals surface area contributed by atoms with Crippen LogP contribution in [0.5, 0.6) is 0 Å². The zero-order valence-electron chi connectivity index (χ0n) is 20.7. The van der Waals surface area contributed by atoms with Crippen molar-refractivity contribution in [2.24, 2.45) is 10.2 Å². The SMILES string of the molecule is O=C(CC1S/C(=N\N=C\c2ccc(-c3cccc(C(F)(F)F)c3)o2)N(Cc2ccco2)C1=O)Nc1ccccc1. The Morgan fingerprint density at radius 3 is 2.62 bits per heavy atom. The van der Waals surface area contributed by atoms with Crippen LogP contribution in [-0.2, 0) is 22.3 Å². The van der Waals surface area contributed by atoms with Gasteiger partial charge in [0.15, 0.2) is 5.17 Å². The number of rotatable bonds is 8. The van der Waals surface area contributed by atoms with Gasteiger partial charge in [0.1, 0.15) is 22.5 Å². The third kappa shape index (κ3) is 6.52. The first kappa shape index (κ1) is 27.0. The second-order valence-corrected chi connectivity index (χ2v) is 9.81. The Labute approximate surface area is 230 Å². The summed E-state index contributed by atoms with van der Waals surface area (Å²) >= 11 is 1.10. The molecule has 1 atom stereocenters. The van der Waals surface area contributed by atoms with E-state index in [-0.39, 0.29) is 47.0 Å². The molecule has 0 saturated carbocycles. The van der Waals surface area contributed by atoms with Crippen LogP contribution in [0.25, 0.3) is 11.3 Å². The minimum absolute atomic E-state index is 0.0751. The van der Waals surface area contributed by atoms with E-state index in [1.807, 2.05) is 6.07 Å². The Morgan fingerprint density at radius 2 is 1.88 bits per heavy atom. The van der Waals surface area contributed by atoms with E-state index in [1.54, 1.807) is 42.5 Å². The molecular formula is C28H21F3N4O4S. The molecule has 4 aromatic rings. The number of thioether (sulfide) groups is 1. The Bertz CT molecular complexity index is 1550. The zero-order valence-corrected chi connectivity index (χ0v) is 21.5. The third-order valence-electron chi connectivity index (χ3n) is 5.77. The van der Waals surface area contributed by atoms with Crippen LogP contribution in [0.3, 0.4) is 0 Å². The van der Waals surface area contributed by atoms with Crippen LogP contribution < -0.4 is 5.32 Å². The summed E-state index contributed by atoms with van der Waals surface area (Å²) in [5.74, 6) is 0.370. The molecule has 1 fully saturated rings. The second-order valence-electron chi connectivity index (χ2n) is 8.64. The summed E-state index contributed by atoms with van der Waals surface area (Å²) in [4.78, 5) is 27.1. The number of hydrogen-bond acceptors (Lipinski definition) is 7. The van der Waals surface area contributed by atoms with Crippen LogP contribution in [0.1, 0.15) is 23.5 Å². The minimum Gasteiger partial charge on any atom is -0.467 e. The van der Waals surface area contributed by atoms with Crippen LogP contribution in [0.4, 0.5) is 18.9 Å². The standard InChI is InChI=1S/C28H21F3N4O4S/c29-28(30,31)19-7-4-6-18(14-19)23-12-11-21(39-23)16-32-34-27-35(17-22-10-5-13-38-22)26(37)24(40-27)15-25(36)33-20-8-2-1-3-9-20/h1-14,16,24H,15,17H2,(H,33,36)/b32-16+,34-27-. The Kier molecular flexibility index (Phi) is 7.87. The van der Waals surface area contributed by atoms with Gasteiger partial charge in [-0.3, -0.25) is 14.5 Å². The number of amides is 2. The van der Waals surface area contributed by atoms with E-state index in [0.717, 1.165) is 23.9 Å². The topological polar surface area (TPSA) is 100 Å². The van der Waals surface area contributed by atoms with Gasteiger partial charge < -0.3 is 14.2 Å². The predicted molar refractivity (Wildman–Crippen MR) is 145 cm³/mol. The van der Waals surface area contributed by atoms with Crippen molar-refractivity contribution in [1.82, 2.24) is 4.90 Å². The van der Waals surface area contributed by atoms with Gasteiger partial charge in [-0.25, -0.2) is 0 Å². The molecule has 1 aliphatic heterocycles. The summed E-state index contributed by atoms with van der Waals surface area (Å²) in [6.07, 6.45) is -1.77. The second kappa shape index (κ2) is 11.7. The van der Waals surface area contributed by atoms with Crippen molar-refractivity contribution in [2.45, 2.75) is 24.4 Å². The van der Waals surface area contributed by atoms with Gasteiger partial charge in [-0.2, -0.15) is 18.3 Å².